The van der Waals surface area contributed by atoms with Gasteiger partial charge in [0.1, 0.15) is 0 Å². The van der Waals surface area contributed by atoms with Crippen molar-refractivity contribution in [2.24, 2.45) is 0 Å². The summed E-state index contributed by atoms with van der Waals surface area (Å²) < 4.78 is 0. The van der Waals surface area contributed by atoms with Crippen molar-refractivity contribution >= 4 is 5.97 Å². The van der Waals surface area contributed by atoms with Gasteiger partial charge in [0.15, 0.2) is 6.10 Å². The van der Waals surface area contributed by atoms with E-state index in [1.807, 2.05) is 0 Å². The number of carboxylic acid groups (broad SMARTS) is 1. The number of carbonyl (C=O) groups is 1. The fourth-order valence-electron chi connectivity index (χ4n) is 2.66. The second-order valence-corrected chi connectivity index (χ2v) is 6.24. The molecule has 22 heavy (non-hydrogen) atoms. The summed E-state index contributed by atoms with van der Waals surface area (Å²) >= 11 is 0. The van der Waals surface area contributed by atoms with Crippen molar-refractivity contribution in [2.45, 2.75) is 109 Å². The van der Waals surface area contributed by atoms with Gasteiger partial charge in [-0.25, -0.2) is 4.79 Å². The molecule has 0 fully saturated rings. The maximum Gasteiger partial charge on any atom is 0.332 e. The molecule has 0 aromatic heterocycles. The average Bonchev–Trinajstić information content (AvgIpc) is 2.47. The molecule has 0 spiro atoms. The van der Waals surface area contributed by atoms with Crippen LogP contribution >= 0.6 is 0 Å². The summed E-state index contributed by atoms with van der Waals surface area (Å²) in [5.74, 6) is -1.09. The van der Waals surface area contributed by atoms with E-state index in [1.54, 1.807) is 0 Å². The van der Waals surface area contributed by atoms with E-state index in [0.29, 0.717) is 6.42 Å². The molecule has 0 amide bonds. The molecule has 0 aliphatic heterocycles. The molecule has 1 radical (unpaired) electrons. The Morgan fingerprint density at radius 2 is 1.05 bits per heavy atom. The monoisotopic (exact) mass is 439 g/mol. The summed E-state index contributed by atoms with van der Waals surface area (Å²) in [6.07, 6.45) is 17.3. The number of rotatable bonds is 16. The minimum atomic E-state index is -1.16. The van der Waals surface area contributed by atoms with Crippen LogP contribution in [0, 0.1) is 35.6 Å². The van der Waals surface area contributed by atoms with Gasteiger partial charge in [0.05, 0.1) is 0 Å². The molecule has 0 bridgehead atoms. The van der Waals surface area contributed by atoms with Crippen molar-refractivity contribution in [2.75, 3.05) is 0 Å². The van der Waals surface area contributed by atoms with Gasteiger partial charge in [-0.1, -0.05) is 96.8 Å². The average molecular weight is 439 g/mol. The summed E-state index contributed by atoms with van der Waals surface area (Å²) in [6, 6.07) is 0. The molecule has 0 rings (SSSR count). The number of carboxylic acids is 1. The van der Waals surface area contributed by atoms with E-state index in [1.165, 1.54) is 77.0 Å². The Hall–Kier alpha value is 0.625. The van der Waals surface area contributed by atoms with Gasteiger partial charge in [-0.3, -0.25) is 0 Å². The summed E-state index contributed by atoms with van der Waals surface area (Å²) in [5, 5.41) is 17.7. The van der Waals surface area contributed by atoms with Gasteiger partial charge in [-0.15, -0.1) is 0 Å². The van der Waals surface area contributed by atoms with Crippen molar-refractivity contribution in [3.05, 3.63) is 0 Å². The molecule has 0 aromatic rings. The molecule has 2 N–H and O–H groups in total. The Labute approximate surface area is 165 Å². The Kier molecular flexibility index (Phi) is 22.2. The summed E-state index contributed by atoms with van der Waals surface area (Å²) in [6.45, 7) is 2.26. The minimum Gasteiger partial charge on any atom is -0.479 e. The SMILES string of the molecule is CCCCCCCCCCCCCCCCC(O)C(=O)O.[La]. The molecule has 0 saturated carbocycles. The van der Waals surface area contributed by atoms with Crippen LogP contribution < -0.4 is 0 Å². The van der Waals surface area contributed by atoms with Crippen LogP contribution in [-0.4, -0.2) is 22.3 Å². The van der Waals surface area contributed by atoms with Crippen LogP contribution in [-0.2, 0) is 4.79 Å². The van der Waals surface area contributed by atoms with Crippen molar-refractivity contribution in [3.63, 3.8) is 0 Å². The van der Waals surface area contributed by atoms with E-state index in [2.05, 4.69) is 6.92 Å². The second-order valence-electron chi connectivity index (χ2n) is 6.24. The fourth-order valence-corrected chi connectivity index (χ4v) is 2.66. The van der Waals surface area contributed by atoms with Gasteiger partial charge in [0.25, 0.3) is 0 Å². The third-order valence-corrected chi connectivity index (χ3v) is 4.12. The Bertz CT molecular complexity index is 234. The minimum absolute atomic E-state index is 0. The van der Waals surface area contributed by atoms with Gasteiger partial charge >= 0.3 is 5.97 Å². The number of hydrogen-bond donors (Lipinski definition) is 2. The van der Waals surface area contributed by atoms with Gasteiger partial charge < -0.3 is 10.2 Å². The molecule has 0 aliphatic rings. The third kappa shape index (κ3) is 18.7. The number of hydrogen-bond acceptors (Lipinski definition) is 2. The van der Waals surface area contributed by atoms with E-state index >= 15 is 0 Å². The zero-order valence-corrected chi connectivity index (χ0v) is 18.2. The van der Waals surface area contributed by atoms with Crippen LogP contribution in [0.4, 0.5) is 0 Å². The Morgan fingerprint density at radius 3 is 1.36 bits per heavy atom. The van der Waals surface area contributed by atoms with Gasteiger partial charge in [-0.2, -0.15) is 0 Å². The van der Waals surface area contributed by atoms with Crippen LogP contribution in [0.25, 0.3) is 0 Å². The van der Waals surface area contributed by atoms with Gasteiger partial charge in [0, 0.05) is 35.6 Å². The first-order valence-electron chi connectivity index (χ1n) is 9.09. The summed E-state index contributed by atoms with van der Waals surface area (Å²) in [4.78, 5) is 10.4. The number of aliphatic hydroxyl groups is 1. The van der Waals surface area contributed by atoms with E-state index in [4.69, 9.17) is 10.2 Å². The molecule has 0 aliphatic carbocycles. The van der Waals surface area contributed by atoms with E-state index < -0.39 is 12.1 Å². The van der Waals surface area contributed by atoms with Gasteiger partial charge in [-0.05, 0) is 6.42 Å². The molecule has 3 nitrogen and oxygen atoms in total. The predicted octanol–water partition coefficient (Wildman–Crippen LogP) is 5.30. The van der Waals surface area contributed by atoms with Crippen LogP contribution in [0.2, 0.25) is 0 Å². The first kappa shape index (κ1) is 24.9. The third-order valence-electron chi connectivity index (χ3n) is 4.12. The first-order chi connectivity index (χ1) is 10.2. The molecule has 129 valence electrons. The molecular formula is C18H36LaO3. The van der Waals surface area contributed by atoms with Crippen molar-refractivity contribution in [1.29, 1.82) is 0 Å². The molecule has 4 heteroatoms. The molecule has 0 aromatic carbocycles. The van der Waals surface area contributed by atoms with Crippen LogP contribution in [0.1, 0.15) is 103 Å². The summed E-state index contributed by atoms with van der Waals surface area (Å²) in [5.41, 5.74) is 0. The largest absolute Gasteiger partial charge is 0.479 e. The predicted molar refractivity (Wildman–Crippen MR) is 88.6 cm³/mol. The molecule has 1 atom stereocenters. The maximum atomic E-state index is 10.4. The van der Waals surface area contributed by atoms with Crippen molar-refractivity contribution < 1.29 is 50.6 Å². The molecular weight excluding hydrogens is 403 g/mol. The fraction of sp³-hybridized carbons (Fsp3) is 0.944. The standard InChI is InChI=1S/C18H36O3.La/c1-2-3-4-5-6-7-8-9-10-11-12-13-14-15-16-17(19)18(20)21;/h17,19H,2-16H2,1H3,(H,20,21);. The maximum absolute atomic E-state index is 10.4. The second kappa shape index (κ2) is 19.7. The van der Waals surface area contributed by atoms with E-state index in [0.717, 1.165) is 12.8 Å². The van der Waals surface area contributed by atoms with E-state index in [9.17, 15) is 4.79 Å². The molecule has 0 saturated heterocycles. The van der Waals surface area contributed by atoms with E-state index in [-0.39, 0.29) is 35.6 Å². The zero-order valence-electron chi connectivity index (χ0n) is 14.6. The summed E-state index contributed by atoms with van der Waals surface area (Å²) in [7, 11) is 0. The quantitative estimate of drug-likeness (QED) is 0.321. The number of aliphatic carboxylic acids is 1. The van der Waals surface area contributed by atoms with Gasteiger partial charge in [0.2, 0.25) is 0 Å². The first-order valence-corrected chi connectivity index (χ1v) is 9.09. The topological polar surface area (TPSA) is 57.5 Å². The van der Waals surface area contributed by atoms with Crippen LogP contribution in [0.3, 0.4) is 0 Å². The zero-order chi connectivity index (χ0) is 15.8. The number of aliphatic hydroxyl groups excluding tert-OH is 1. The normalized spacial score (nSPS) is 11.9. The molecule has 0 heterocycles. The Balaban J connectivity index is 0. The smallest absolute Gasteiger partial charge is 0.332 e. The van der Waals surface area contributed by atoms with Crippen LogP contribution in [0.5, 0.6) is 0 Å². The van der Waals surface area contributed by atoms with Crippen molar-refractivity contribution in [1.82, 2.24) is 0 Å². The number of unbranched alkanes of at least 4 members (excludes halogenated alkanes) is 13. The van der Waals surface area contributed by atoms with Crippen molar-refractivity contribution in [3.8, 4) is 0 Å². The Morgan fingerprint density at radius 1 is 0.727 bits per heavy atom. The van der Waals surface area contributed by atoms with Crippen LogP contribution in [0.15, 0.2) is 0 Å². The molecule has 1 unspecified atom stereocenters.